The number of para-hydroxylation sites is 1. The number of nitrogens with zero attached hydrogens (tertiary/aromatic N) is 3. The van der Waals surface area contributed by atoms with Crippen molar-refractivity contribution in [3.63, 3.8) is 0 Å². The van der Waals surface area contributed by atoms with Crippen molar-refractivity contribution in [2.24, 2.45) is 5.41 Å². The Bertz CT molecular complexity index is 610. The van der Waals surface area contributed by atoms with E-state index in [0.717, 1.165) is 52.0 Å². The Hall–Kier alpha value is -2.08. The predicted octanol–water partition coefficient (Wildman–Crippen LogP) is 2.30. The minimum Gasteiger partial charge on any atom is -0.369 e. The molecule has 0 N–H and O–H groups in total. The van der Waals surface area contributed by atoms with Crippen LogP contribution in [0.3, 0.4) is 0 Å². The van der Waals surface area contributed by atoms with Crippen molar-refractivity contribution in [2.75, 3.05) is 37.6 Å². The molecule has 1 amide bonds. The van der Waals surface area contributed by atoms with Crippen LogP contribution >= 0.6 is 0 Å². The average molecular weight is 359 g/mol. The number of carbonyl (C=O) groups is 2. The molecule has 0 unspecified atom stereocenters. The van der Waals surface area contributed by atoms with Gasteiger partial charge in [-0.2, -0.15) is 5.06 Å². The van der Waals surface area contributed by atoms with E-state index in [-0.39, 0.29) is 17.4 Å². The quantitative estimate of drug-likeness (QED) is 0.699. The van der Waals surface area contributed by atoms with Gasteiger partial charge in [0.25, 0.3) is 5.91 Å². The largest absolute Gasteiger partial charge is 0.369 e. The van der Waals surface area contributed by atoms with Crippen molar-refractivity contribution in [2.45, 2.75) is 39.2 Å². The molecule has 0 aliphatic carbocycles. The van der Waals surface area contributed by atoms with E-state index >= 15 is 0 Å². The summed E-state index contributed by atoms with van der Waals surface area (Å²) >= 11 is 0. The maximum absolute atomic E-state index is 12.8. The molecule has 6 nitrogen and oxygen atoms in total. The maximum atomic E-state index is 12.8. The molecule has 1 atom stereocenters. The van der Waals surface area contributed by atoms with Crippen molar-refractivity contribution < 1.29 is 14.4 Å². The van der Waals surface area contributed by atoms with Crippen LogP contribution in [-0.4, -0.2) is 61.1 Å². The highest BCUT2D eigenvalue weighted by Crippen LogP contribution is 2.42. The average Bonchev–Trinajstić information content (AvgIpc) is 2.95. The number of carbonyl (C=O) groups excluding carboxylic acids is 2. The summed E-state index contributed by atoms with van der Waals surface area (Å²) < 4.78 is 0. The first-order valence-electron chi connectivity index (χ1n) is 9.60. The van der Waals surface area contributed by atoms with Crippen molar-refractivity contribution in [1.82, 2.24) is 9.96 Å². The molecule has 0 aromatic heterocycles. The minimum absolute atomic E-state index is 0.0393. The third-order valence-electron chi connectivity index (χ3n) is 6.08. The number of hydroxylamine groups is 2. The molecule has 1 aromatic rings. The van der Waals surface area contributed by atoms with Crippen molar-refractivity contribution in [3.8, 4) is 0 Å². The van der Waals surface area contributed by atoms with E-state index in [9.17, 15) is 9.59 Å². The normalized spacial score (nSPS) is 23.3. The lowest BCUT2D eigenvalue weighted by molar-refractivity contribution is -0.192. The van der Waals surface area contributed by atoms with Crippen molar-refractivity contribution >= 4 is 18.1 Å². The van der Waals surface area contributed by atoms with Crippen LogP contribution in [0.2, 0.25) is 0 Å². The first kappa shape index (κ1) is 18.7. The Morgan fingerprint density at radius 2 is 1.77 bits per heavy atom. The van der Waals surface area contributed by atoms with E-state index in [1.54, 1.807) is 0 Å². The van der Waals surface area contributed by atoms with E-state index in [2.05, 4.69) is 34.1 Å². The van der Waals surface area contributed by atoms with Gasteiger partial charge in [-0.05, 0) is 31.4 Å². The summed E-state index contributed by atoms with van der Waals surface area (Å²) in [7, 11) is 0. The van der Waals surface area contributed by atoms with E-state index in [4.69, 9.17) is 4.84 Å². The fourth-order valence-corrected chi connectivity index (χ4v) is 4.31. The van der Waals surface area contributed by atoms with Crippen LogP contribution < -0.4 is 4.90 Å². The van der Waals surface area contributed by atoms with E-state index in [0.29, 0.717) is 6.47 Å². The van der Waals surface area contributed by atoms with Crippen LogP contribution in [0.15, 0.2) is 30.3 Å². The highest BCUT2D eigenvalue weighted by Gasteiger charge is 2.51. The molecular formula is C20H29N3O3. The molecule has 2 fully saturated rings. The number of amides is 1. The molecule has 2 saturated heterocycles. The Balaban J connectivity index is 1.61. The second-order valence-electron chi connectivity index (χ2n) is 7.30. The van der Waals surface area contributed by atoms with Crippen LogP contribution in [0.5, 0.6) is 0 Å². The van der Waals surface area contributed by atoms with Crippen LogP contribution in [0.4, 0.5) is 5.69 Å². The van der Waals surface area contributed by atoms with Crippen LogP contribution in [0, 0.1) is 5.41 Å². The van der Waals surface area contributed by atoms with Gasteiger partial charge in [-0.25, -0.2) is 0 Å². The molecule has 26 heavy (non-hydrogen) atoms. The lowest BCUT2D eigenvalue weighted by Crippen LogP contribution is -2.50. The molecule has 0 saturated carbocycles. The van der Waals surface area contributed by atoms with E-state index < -0.39 is 0 Å². The number of hydrogen-bond donors (Lipinski definition) is 0. The van der Waals surface area contributed by atoms with Gasteiger partial charge in [-0.15, -0.1) is 0 Å². The molecule has 2 aliphatic rings. The van der Waals surface area contributed by atoms with Gasteiger partial charge in [0, 0.05) is 38.4 Å². The van der Waals surface area contributed by atoms with Gasteiger partial charge in [0.15, 0.2) is 0 Å². The highest BCUT2D eigenvalue weighted by molar-refractivity contribution is 5.85. The molecule has 2 aliphatic heterocycles. The number of anilines is 1. The van der Waals surface area contributed by atoms with Crippen LogP contribution in [-0.2, 0) is 14.4 Å². The summed E-state index contributed by atoms with van der Waals surface area (Å²) in [5.74, 6) is -0.0393. The second-order valence-corrected chi connectivity index (χ2v) is 7.30. The molecule has 0 bridgehead atoms. The van der Waals surface area contributed by atoms with Crippen LogP contribution in [0.25, 0.3) is 0 Å². The van der Waals surface area contributed by atoms with E-state index in [1.165, 1.54) is 10.8 Å². The Kier molecular flexibility index (Phi) is 5.81. The number of hydrogen-bond acceptors (Lipinski definition) is 5. The number of benzene rings is 1. The van der Waals surface area contributed by atoms with Gasteiger partial charge in [-0.3, -0.25) is 14.5 Å². The second kappa shape index (κ2) is 8.08. The fourth-order valence-electron chi connectivity index (χ4n) is 4.31. The topological polar surface area (TPSA) is 53.1 Å². The van der Waals surface area contributed by atoms with Crippen molar-refractivity contribution in [1.29, 1.82) is 0 Å². The van der Waals surface area contributed by atoms with Gasteiger partial charge < -0.3 is 9.74 Å². The molecule has 0 spiro atoms. The number of piperazine rings is 1. The Morgan fingerprint density at radius 3 is 2.35 bits per heavy atom. The van der Waals surface area contributed by atoms with E-state index in [1.807, 2.05) is 19.9 Å². The first-order chi connectivity index (χ1) is 12.6. The van der Waals surface area contributed by atoms with Gasteiger partial charge in [-0.1, -0.05) is 32.0 Å². The first-order valence-corrected chi connectivity index (χ1v) is 9.60. The zero-order valence-corrected chi connectivity index (χ0v) is 15.8. The molecule has 1 aromatic carbocycles. The minimum atomic E-state index is -0.389. The van der Waals surface area contributed by atoms with Gasteiger partial charge in [0.05, 0.1) is 11.5 Å². The summed E-state index contributed by atoms with van der Waals surface area (Å²) in [5.41, 5.74) is 0.865. The monoisotopic (exact) mass is 359 g/mol. The summed E-state index contributed by atoms with van der Waals surface area (Å²) in [6.07, 6.45) is 2.31. The third kappa shape index (κ3) is 3.56. The molecular weight excluding hydrogens is 330 g/mol. The molecule has 6 heteroatoms. The standard InChI is InChI=1S/C20H29N3O3/c1-3-20(4-2)14-18(23(19(20)25)26-16-24)15-21-10-12-22(13-11-21)17-8-6-5-7-9-17/h5-9,16,18H,3-4,10-15H2,1-2H3/t18-/m1/s1. The molecule has 2 heterocycles. The predicted molar refractivity (Wildman–Crippen MR) is 101 cm³/mol. The lowest BCUT2D eigenvalue weighted by atomic mass is 9.79. The summed E-state index contributed by atoms with van der Waals surface area (Å²) in [4.78, 5) is 33.5. The Labute approximate surface area is 155 Å². The molecule has 142 valence electrons. The third-order valence-corrected chi connectivity index (χ3v) is 6.08. The SMILES string of the molecule is CCC1(CC)C[C@H](CN2CCN(c3ccccc3)CC2)N(OC=O)C1=O. The fraction of sp³-hybridized carbons (Fsp3) is 0.600. The molecule has 3 rings (SSSR count). The smallest absolute Gasteiger partial charge is 0.320 e. The summed E-state index contributed by atoms with van der Waals surface area (Å²) in [6, 6.07) is 10.4. The van der Waals surface area contributed by atoms with Crippen LogP contribution in [0.1, 0.15) is 33.1 Å². The van der Waals surface area contributed by atoms with Gasteiger partial charge in [0.1, 0.15) is 0 Å². The maximum Gasteiger partial charge on any atom is 0.320 e. The zero-order chi connectivity index (χ0) is 18.6. The lowest BCUT2D eigenvalue weighted by Gasteiger charge is -2.37. The van der Waals surface area contributed by atoms with Crippen molar-refractivity contribution in [3.05, 3.63) is 30.3 Å². The number of rotatable bonds is 7. The summed E-state index contributed by atoms with van der Waals surface area (Å²) in [6.45, 7) is 9.03. The van der Waals surface area contributed by atoms with Gasteiger partial charge >= 0.3 is 6.47 Å². The van der Waals surface area contributed by atoms with Gasteiger partial charge in [0.2, 0.25) is 0 Å². The molecule has 0 radical (unpaired) electrons. The Morgan fingerprint density at radius 1 is 1.12 bits per heavy atom. The summed E-state index contributed by atoms with van der Waals surface area (Å²) in [5, 5.41) is 1.34. The zero-order valence-electron chi connectivity index (χ0n) is 15.8. The highest BCUT2D eigenvalue weighted by atomic mass is 16.7.